The van der Waals surface area contributed by atoms with Crippen LogP contribution in [0.4, 0.5) is 4.39 Å². The molecule has 14 heavy (non-hydrogen) atoms. The number of carbonyl (C=O) groups is 2. The summed E-state index contributed by atoms with van der Waals surface area (Å²) in [4.78, 5) is 21.6. The Kier molecular flexibility index (Phi) is 2.81. The predicted octanol–water partition coefficient (Wildman–Crippen LogP) is 0.711. The topological polar surface area (TPSA) is 69.4 Å². The van der Waals surface area contributed by atoms with E-state index in [0.717, 1.165) is 12.1 Å². The number of amides is 1. The van der Waals surface area contributed by atoms with Crippen LogP contribution in [0.25, 0.3) is 0 Å². The summed E-state index contributed by atoms with van der Waals surface area (Å²) in [5.74, 6) is -2.38. The second-order valence-electron chi connectivity index (χ2n) is 2.55. The zero-order chi connectivity index (χ0) is 10.7. The normalized spacial score (nSPS) is 9.57. The van der Waals surface area contributed by atoms with Gasteiger partial charge < -0.3 is 10.5 Å². The molecule has 5 heteroatoms. The zero-order valence-corrected chi connectivity index (χ0v) is 7.41. The number of benzene rings is 1. The van der Waals surface area contributed by atoms with E-state index in [1.54, 1.807) is 0 Å². The maximum absolute atomic E-state index is 13.1. The Morgan fingerprint density at radius 2 is 2.07 bits per heavy atom. The molecule has 1 amide bonds. The first-order valence-electron chi connectivity index (χ1n) is 3.74. The number of rotatable bonds is 2. The number of halogens is 1. The molecule has 0 aliphatic carbocycles. The monoisotopic (exact) mass is 197 g/mol. The molecule has 0 aliphatic rings. The van der Waals surface area contributed by atoms with Crippen molar-refractivity contribution in [2.45, 2.75) is 0 Å². The molecule has 1 aromatic carbocycles. The van der Waals surface area contributed by atoms with Gasteiger partial charge in [0.25, 0.3) is 5.91 Å². The summed E-state index contributed by atoms with van der Waals surface area (Å²) in [7, 11) is 1.18. The molecular weight excluding hydrogens is 189 g/mol. The summed E-state index contributed by atoms with van der Waals surface area (Å²) in [6.45, 7) is 0. The lowest BCUT2D eigenvalue weighted by Crippen LogP contribution is -2.14. The highest BCUT2D eigenvalue weighted by atomic mass is 19.1. The van der Waals surface area contributed by atoms with E-state index in [4.69, 9.17) is 5.73 Å². The molecule has 0 bridgehead atoms. The second-order valence-corrected chi connectivity index (χ2v) is 2.55. The third-order valence-corrected chi connectivity index (χ3v) is 1.66. The first-order chi connectivity index (χ1) is 6.56. The van der Waals surface area contributed by atoms with Gasteiger partial charge in [-0.25, -0.2) is 9.18 Å². The van der Waals surface area contributed by atoms with Gasteiger partial charge in [0.15, 0.2) is 0 Å². The van der Waals surface area contributed by atoms with Crippen LogP contribution in [0.3, 0.4) is 0 Å². The van der Waals surface area contributed by atoms with Crippen LogP contribution in [0.2, 0.25) is 0 Å². The van der Waals surface area contributed by atoms with Crippen molar-refractivity contribution >= 4 is 11.9 Å². The molecule has 0 heterocycles. The minimum absolute atomic E-state index is 0.0370. The summed E-state index contributed by atoms with van der Waals surface area (Å²) in [6.07, 6.45) is 0. The van der Waals surface area contributed by atoms with Crippen LogP contribution in [-0.2, 0) is 4.74 Å². The van der Waals surface area contributed by atoms with E-state index in [2.05, 4.69) is 4.74 Å². The smallest absolute Gasteiger partial charge is 0.337 e. The largest absolute Gasteiger partial charge is 0.465 e. The number of carbonyl (C=O) groups excluding carboxylic acids is 2. The minimum atomic E-state index is -0.876. The third-order valence-electron chi connectivity index (χ3n) is 1.66. The maximum Gasteiger partial charge on any atom is 0.337 e. The van der Waals surface area contributed by atoms with Crippen molar-refractivity contribution in [2.75, 3.05) is 7.11 Å². The van der Waals surface area contributed by atoms with Crippen LogP contribution in [0.5, 0.6) is 0 Å². The Morgan fingerprint density at radius 1 is 1.43 bits per heavy atom. The van der Waals surface area contributed by atoms with E-state index in [1.165, 1.54) is 13.2 Å². The van der Waals surface area contributed by atoms with E-state index >= 15 is 0 Å². The quantitative estimate of drug-likeness (QED) is 0.710. The highest BCUT2D eigenvalue weighted by Crippen LogP contribution is 2.10. The summed E-state index contributed by atoms with van der Waals surface area (Å²) in [6, 6.07) is 3.32. The molecule has 0 atom stereocenters. The van der Waals surface area contributed by atoms with Crippen molar-refractivity contribution in [1.82, 2.24) is 0 Å². The van der Waals surface area contributed by atoms with Crippen LogP contribution in [0.15, 0.2) is 18.2 Å². The first kappa shape index (κ1) is 10.2. The molecule has 2 N–H and O–H groups in total. The van der Waals surface area contributed by atoms with Crippen LogP contribution < -0.4 is 5.73 Å². The van der Waals surface area contributed by atoms with E-state index < -0.39 is 17.7 Å². The van der Waals surface area contributed by atoms with E-state index in [1.807, 2.05) is 0 Å². The van der Waals surface area contributed by atoms with Gasteiger partial charge in [0.2, 0.25) is 0 Å². The van der Waals surface area contributed by atoms with Gasteiger partial charge in [-0.05, 0) is 18.2 Å². The number of primary amides is 1. The highest BCUT2D eigenvalue weighted by Gasteiger charge is 2.12. The molecule has 1 aromatic rings. The minimum Gasteiger partial charge on any atom is -0.465 e. The molecule has 0 saturated heterocycles. The number of esters is 1. The first-order valence-corrected chi connectivity index (χ1v) is 3.74. The maximum atomic E-state index is 13.1. The van der Waals surface area contributed by atoms with Gasteiger partial charge in [0.1, 0.15) is 5.82 Å². The fourth-order valence-corrected chi connectivity index (χ4v) is 0.960. The summed E-state index contributed by atoms with van der Waals surface area (Å²) in [5, 5.41) is 0. The SMILES string of the molecule is COC(=O)c1ccc(C(N)=O)c(F)c1. The molecule has 0 aromatic heterocycles. The molecule has 0 spiro atoms. The fraction of sp³-hybridized carbons (Fsp3) is 0.111. The van der Waals surface area contributed by atoms with Crippen molar-refractivity contribution in [3.63, 3.8) is 0 Å². The molecule has 0 aliphatic heterocycles. The van der Waals surface area contributed by atoms with Gasteiger partial charge in [-0.15, -0.1) is 0 Å². The van der Waals surface area contributed by atoms with Crippen molar-refractivity contribution in [1.29, 1.82) is 0 Å². The standard InChI is InChI=1S/C9H8FNO3/c1-14-9(13)5-2-3-6(8(11)12)7(10)4-5/h2-4H,1H3,(H2,11,12). The molecule has 0 unspecified atom stereocenters. The Morgan fingerprint density at radius 3 is 2.50 bits per heavy atom. The van der Waals surface area contributed by atoms with Crippen LogP contribution in [0.1, 0.15) is 20.7 Å². The van der Waals surface area contributed by atoms with Crippen LogP contribution in [0, 0.1) is 5.82 Å². The van der Waals surface area contributed by atoms with Crippen molar-refractivity contribution in [3.05, 3.63) is 35.1 Å². The number of methoxy groups -OCH3 is 1. The lowest BCUT2D eigenvalue weighted by atomic mass is 10.1. The Bertz CT molecular complexity index is 390. The lowest BCUT2D eigenvalue weighted by Gasteiger charge is -2.01. The van der Waals surface area contributed by atoms with Crippen molar-refractivity contribution in [3.8, 4) is 0 Å². The molecule has 1 rings (SSSR count). The van der Waals surface area contributed by atoms with E-state index in [9.17, 15) is 14.0 Å². The van der Waals surface area contributed by atoms with Gasteiger partial charge >= 0.3 is 5.97 Å². The molecule has 0 saturated carbocycles. The molecule has 0 radical (unpaired) electrons. The van der Waals surface area contributed by atoms with Gasteiger partial charge in [0.05, 0.1) is 18.2 Å². The van der Waals surface area contributed by atoms with Crippen molar-refractivity contribution < 1.29 is 18.7 Å². The van der Waals surface area contributed by atoms with Crippen LogP contribution >= 0.6 is 0 Å². The Labute approximate surface area is 79.5 Å². The molecular formula is C9H8FNO3. The third kappa shape index (κ3) is 1.87. The molecule has 74 valence electrons. The lowest BCUT2D eigenvalue weighted by molar-refractivity contribution is 0.0599. The van der Waals surface area contributed by atoms with Gasteiger partial charge in [-0.3, -0.25) is 4.79 Å². The average molecular weight is 197 g/mol. The van der Waals surface area contributed by atoms with E-state index in [0.29, 0.717) is 0 Å². The Balaban J connectivity index is 3.12. The van der Waals surface area contributed by atoms with Gasteiger partial charge in [-0.2, -0.15) is 0 Å². The van der Waals surface area contributed by atoms with Crippen LogP contribution in [-0.4, -0.2) is 19.0 Å². The molecule has 0 fully saturated rings. The predicted molar refractivity (Wildman–Crippen MR) is 46.3 cm³/mol. The van der Waals surface area contributed by atoms with Crippen molar-refractivity contribution in [2.24, 2.45) is 5.73 Å². The summed E-state index contributed by atoms with van der Waals surface area (Å²) in [5.41, 5.74) is 4.66. The number of hydrogen-bond acceptors (Lipinski definition) is 3. The summed E-state index contributed by atoms with van der Waals surface area (Å²) >= 11 is 0. The number of ether oxygens (including phenoxy) is 1. The zero-order valence-electron chi connectivity index (χ0n) is 7.41. The van der Waals surface area contributed by atoms with E-state index in [-0.39, 0.29) is 11.1 Å². The fourth-order valence-electron chi connectivity index (χ4n) is 0.960. The average Bonchev–Trinajstić information content (AvgIpc) is 2.15. The van der Waals surface area contributed by atoms with Gasteiger partial charge in [-0.1, -0.05) is 0 Å². The summed E-state index contributed by atoms with van der Waals surface area (Å²) < 4.78 is 17.5. The van der Waals surface area contributed by atoms with Gasteiger partial charge in [0, 0.05) is 0 Å². The number of nitrogens with two attached hydrogens (primary N) is 1. The second kappa shape index (κ2) is 3.87. The Hall–Kier alpha value is -1.91. The highest BCUT2D eigenvalue weighted by molar-refractivity contribution is 5.95. The number of hydrogen-bond donors (Lipinski definition) is 1. The molecule has 4 nitrogen and oxygen atoms in total.